The van der Waals surface area contributed by atoms with Crippen molar-refractivity contribution in [3.63, 3.8) is 0 Å². The standard InChI is InChI=1S/C36H45NO8/c1-24-20-29(38)31(25(2)32(24)44-23-27-16-12-9-13-17-27)36(6,7)18-19-42-33(40)28(37-34(41)45-35(3,4)5)21-30(39)43-22-26-14-10-8-11-15-26/h8-17,20,28,38H,18-19,21-23H2,1-7H3,(H,37,41)/t28-/m0/s1. The highest BCUT2D eigenvalue weighted by molar-refractivity contribution is 5.86. The SMILES string of the molecule is Cc1cc(O)c(C(C)(C)CCOC(=O)[C@H](CC(=O)OCc2ccccc2)NC(=O)OC(C)(C)C)c(C)c1OCc1ccccc1. The molecule has 0 aliphatic carbocycles. The molecule has 0 saturated heterocycles. The van der Waals surface area contributed by atoms with E-state index in [2.05, 4.69) is 5.32 Å². The van der Waals surface area contributed by atoms with Crippen molar-refractivity contribution in [2.45, 2.75) is 91.6 Å². The van der Waals surface area contributed by atoms with Gasteiger partial charge < -0.3 is 29.4 Å². The van der Waals surface area contributed by atoms with Gasteiger partial charge in [0.1, 0.15) is 36.4 Å². The summed E-state index contributed by atoms with van der Waals surface area (Å²) in [6, 6.07) is 19.3. The number of amides is 1. The van der Waals surface area contributed by atoms with Gasteiger partial charge in [0.2, 0.25) is 0 Å². The minimum absolute atomic E-state index is 0.0263. The highest BCUT2D eigenvalue weighted by Crippen LogP contribution is 2.42. The molecule has 242 valence electrons. The monoisotopic (exact) mass is 619 g/mol. The Labute approximate surface area is 265 Å². The van der Waals surface area contributed by atoms with Gasteiger partial charge in [0, 0.05) is 5.56 Å². The molecule has 3 aromatic carbocycles. The Balaban J connectivity index is 1.68. The van der Waals surface area contributed by atoms with E-state index in [1.807, 2.05) is 88.4 Å². The summed E-state index contributed by atoms with van der Waals surface area (Å²) in [5.41, 5.74) is 2.66. The van der Waals surface area contributed by atoms with Gasteiger partial charge in [-0.3, -0.25) is 4.79 Å². The number of ether oxygens (including phenoxy) is 4. The molecule has 0 aromatic heterocycles. The summed E-state index contributed by atoms with van der Waals surface area (Å²) in [5.74, 6) is -0.670. The van der Waals surface area contributed by atoms with E-state index in [0.717, 1.165) is 22.3 Å². The minimum Gasteiger partial charge on any atom is -0.508 e. The number of hydrogen-bond donors (Lipinski definition) is 2. The summed E-state index contributed by atoms with van der Waals surface area (Å²) in [6.45, 7) is 13.1. The van der Waals surface area contributed by atoms with Crippen LogP contribution in [0, 0.1) is 13.8 Å². The van der Waals surface area contributed by atoms with Gasteiger partial charge in [-0.05, 0) is 74.8 Å². The second-order valence-electron chi connectivity index (χ2n) is 12.7. The number of carbonyl (C=O) groups excluding carboxylic acids is 3. The van der Waals surface area contributed by atoms with Crippen LogP contribution >= 0.6 is 0 Å². The van der Waals surface area contributed by atoms with Crippen molar-refractivity contribution < 1.29 is 38.4 Å². The molecule has 2 N–H and O–H groups in total. The molecule has 9 nitrogen and oxygen atoms in total. The van der Waals surface area contributed by atoms with Crippen LogP contribution in [0.3, 0.4) is 0 Å². The highest BCUT2D eigenvalue weighted by Gasteiger charge is 2.32. The molecule has 45 heavy (non-hydrogen) atoms. The van der Waals surface area contributed by atoms with E-state index in [0.29, 0.717) is 24.3 Å². The lowest BCUT2D eigenvalue weighted by atomic mass is 9.78. The van der Waals surface area contributed by atoms with Crippen molar-refractivity contribution >= 4 is 18.0 Å². The molecule has 0 heterocycles. The fourth-order valence-corrected chi connectivity index (χ4v) is 4.99. The largest absolute Gasteiger partial charge is 0.508 e. The van der Waals surface area contributed by atoms with Gasteiger partial charge >= 0.3 is 18.0 Å². The molecule has 0 aliphatic heterocycles. The fourth-order valence-electron chi connectivity index (χ4n) is 4.99. The predicted octanol–water partition coefficient (Wildman–Crippen LogP) is 6.83. The van der Waals surface area contributed by atoms with Crippen LogP contribution < -0.4 is 10.1 Å². The average molecular weight is 620 g/mol. The molecule has 0 spiro atoms. The van der Waals surface area contributed by atoms with Gasteiger partial charge in [0.25, 0.3) is 0 Å². The van der Waals surface area contributed by atoms with Crippen LogP contribution in [0.2, 0.25) is 0 Å². The number of hydrogen-bond acceptors (Lipinski definition) is 8. The zero-order valence-electron chi connectivity index (χ0n) is 27.3. The first-order chi connectivity index (χ1) is 21.2. The van der Waals surface area contributed by atoms with Crippen molar-refractivity contribution in [2.75, 3.05) is 6.61 Å². The Kier molecular flexibility index (Phi) is 12.0. The van der Waals surface area contributed by atoms with E-state index in [4.69, 9.17) is 18.9 Å². The number of alkyl carbamates (subject to hydrolysis) is 1. The summed E-state index contributed by atoms with van der Waals surface area (Å²) < 4.78 is 22.4. The van der Waals surface area contributed by atoms with Gasteiger partial charge in [-0.2, -0.15) is 0 Å². The van der Waals surface area contributed by atoms with Crippen molar-refractivity contribution in [3.05, 3.63) is 94.5 Å². The smallest absolute Gasteiger partial charge is 0.408 e. The van der Waals surface area contributed by atoms with E-state index < -0.39 is 41.5 Å². The van der Waals surface area contributed by atoms with Crippen molar-refractivity contribution in [1.29, 1.82) is 0 Å². The summed E-state index contributed by atoms with van der Waals surface area (Å²) >= 11 is 0. The zero-order chi connectivity index (χ0) is 33.2. The topological polar surface area (TPSA) is 120 Å². The molecule has 1 amide bonds. The molecule has 0 radical (unpaired) electrons. The number of nitrogens with one attached hydrogen (secondary N) is 1. The third-order valence-electron chi connectivity index (χ3n) is 7.15. The summed E-state index contributed by atoms with van der Waals surface area (Å²) in [4.78, 5) is 38.3. The Bertz CT molecular complexity index is 1450. The lowest BCUT2D eigenvalue weighted by Crippen LogP contribution is -2.45. The van der Waals surface area contributed by atoms with E-state index >= 15 is 0 Å². The minimum atomic E-state index is -1.32. The number of aromatic hydroxyl groups is 1. The Morgan fingerprint density at radius 2 is 1.42 bits per heavy atom. The molecule has 0 fully saturated rings. The first kappa shape index (κ1) is 35.0. The predicted molar refractivity (Wildman–Crippen MR) is 171 cm³/mol. The van der Waals surface area contributed by atoms with Gasteiger partial charge in [-0.25, -0.2) is 9.59 Å². The number of phenols is 1. The summed E-state index contributed by atoms with van der Waals surface area (Å²) in [5, 5.41) is 13.4. The maximum atomic E-state index is 13.2. The number of carbonyl (C=O) groups is 3. The summed E-state index contributed by atoms with van der Waals surface area (Å²) in [7, 11) is 0. The van der Waals surface area contributed by atoms with E-state index in [9.17, 15) is 19.5 Å². The van der Waals surface area contributed by atoms with Crippen LogP contribution in [0.5, 0.6) is 11.5 Å². The molecule has 3 rings (SSSR count). The molecular formula is C36H45NO8. The van der Waals surface area contributed by atoms with Gasteiger partial charge in [-0.15, -0.1) is 0 Å². The van der Waals surface area contributed by atoms with E-state index in [-0.39, 0.29) is 19.0 Å². The number of aryl methyl sites for hydroxylation is 1. The number of esters is 2. The molecule has 0 bridgehead atoms. The van der Waals surface area contributed by atoms with Crippen LogP contribution in [0.15, 0.2) is 66.7 Å². The maximum absolute atomic E-state index is 13.2. The molecule has 0 saturated carbocycles. The normalized spacial score (nSPS) is 12.2. The fraction of sp³-hybridized carbons (Fsp3) is 0.417. The zero-order valence-corrected chi connectivity index (χ0v) is 27.3. The van der Waals surface area contributed by atoms with Crippen molar-refractivity contribution in [3.8, 4) is 11.5 Å². The van der Waals surface area contributed by atoms with Crippen LogP contribution in [0.1, 0.15) is 75.3 Å². The second-order valence-corrected chi connectivity index (χ2v) is 12.7. The Hall–Kier alpha value is -4.53. The number of rotatable bonds is 13. The lowest BCUT2D eigenvalue weighted by molar-refractivity contribution is -0.153. The first-order valence-corrected chi connectivity index (χ1v) is 15.0. The molecule has 1 atom stereocenters. The van der Waals surface area contributed by atoms with Gasteiger partial charge in [-0.1, -0.05) is 74.5 Å². The third-order valence-corrected chi connectivity index (χ3v) is 7.15. The van der Waals surface area contributed by atoms with Crippen molar-refractivity contribution in [1.82, 2.24) is 5.32 Å². The van der Waals surface area contributed by atoms with Gasteiger partial charge in [0.05, 0.1) is 13.0 Å². The molecular weight excluding hydrogens is 574 g/mol. The van der Waals surface area contributed by atoms with Gasteiger partial charge in [0.15, 0.2) is 0 Å². The van der Waals surface area contributed by atoms with E-state index in [1.54, 1.807) is 26.8 Å². The van der Waals surface area contributed by atoms with Crippen LogP contribution in [-0.2, 0) is 42.4 Å². The second kappa shape index (κ2) is 15.5. The molecule has 0 aliphatic rings. The maximum Gasteiger partial charge on any atom is 0.408 e. The van der Waals surface area contributed by atoms with Crippen molar-refractivity contribution in [2.24, 2.45) is 0 Å². The average Bonchev–Trinajstić information content (AvgIpc) is 2.95. The molecule has 3 aromatic rings. The quantitative estimate of drug-likeness (QED) is 0.158. The first-order valence-electron chi connectivity index (χ1n) is 15.0. The Morgan fingerprint density at radius 1 is 0.844 bits per heavy atom. The number of phenolic OH excluding ortho intramolecular Hbond substituents is 1. The summed E-state index contributed by atoms with van der Waals surface area (Å²) in [6.07, 6.45) is -0.955. The molecule has 9 heteroatoms. The lowest BCUT2D eigenvalue weighted by Gasteiger charge is -2.30. The van der Waals surface area contributed by atoms with Crippen LogP contribution in [0.25, 0.3) is 0 Å². The number of benzene rings is 3. The molecule has 0 unspecified atom stereocenters. The highest BCUT2D eigenvalue weighted by atomic mass is 16.6. The third kappa shape index (κ3) is 10.8. The van der Waals surface area contributed by atoms with Crippen LogP contribution in [0.4, 0.5) is 4.79 Å². The van der Waals surface area contributed by atoms with E-state index in [1.165, 1.54) is 0 Å². The Morgan fingerprint density at radius 3 is 2.00 bits per heavy atom. The van der Waals surface area contributed by atoms with Crippen LogP contribution in [-0.4, -0.2) is 41.4 Å².